The first-order valence-electron chi connectivity index (χ1n) is 7.58. The van der Waals surface area contributed by atoms with Crippen LogP contribution in [0.2, 0.25) is 0 Å². The van der Waals surface area contributed by atoms with Gasteiger partial charge in [-0.25, -0.2) is 0 Å². The first-order valence-corrected chi connectivity index (χ1v) is 7.58. The van der Waals surface area contributed by atoms with E-state index in [1.165, 1.54) is 64.2 Å². The third kappa shape index (κ3) is 5.39. The number of aliphatic hydroxyl groups excluding tert-OH is 2. The second-order valence-electron chi connectivity index (χ2n) is 5.60. The van der Waals surface area contributed by atoms with Gasteiger partial charge in [0, 0.05) is 6.61 Å². The molecule has 2 heteroatoms. The van der Waals surface area contributed by atoms with Gasteiger partial charge in [-0.15, -0.1) is 0 Å². The van der Waals surface area contributed by atoms with Crippen LogP contribution in [0.3, 0.4) is 0 Å². The predicted molar refractivity (Wildman–Crippen MR) is 71.9 cm³/mol. The fourth-order valence-corrected chi connectivity index (χ4v) is 3.34. The molecule has 2 aliphatic rings. The van der Waals surface area contributed by atoms with Crippen molar-refractivity contribution in [3.05, 3.63) is 0 Å². The van der Waals surface area contributed by atoms with Crippen molar-refractivity contribution >= 4 is 0 Å². The predicted octanol–water partition coefficient (Wildman–Crippen LogP) is 3.51. The molecule has 2 N–H and O–H groups in total. The molecule has 0 heterocycles. The Bertz CT molecular complexity index is 152. The van der Waals surface area contributed by atoms with Crippen LogP contribution in [0.5, 0.6) is 0 Å². The summed E-state index contributed by atoms with van der Waals surface area (Å²) in [5.41, 5.74) is 0. The van der Waals surface area contributed by atoms with E-state index in [4.69, 9.17) is 5.11 Å². The molecule has 2 nitrogen and oxygen atoms in total. The maximum atomic E-state index is 10.3. The molecule has 0 radical (unpaired) electrons. The molecule has 0 aromatic rings. The number of hydrogen-bond donors (Lipinski definition) is 2. The van der Waals surface area contributed by atoms with E-state index in [0.29, 0.717) is 11.8 Å². The molecule has 0 bridgehead atoms. The molecule has 2 aliphatic carbocycles. The van der Waals surface area contributed by atoms with Gasteiger partial charge in [0.25, 0.3) is 0 Å². The number of aliphatic hydroxyl groups is 2. The molecule has 102 valence electrons. The second kappa shape index (κ2) is 8.93. The molecule has 2 rings (SSSR count). The van der Waals surface area contributed by atoms with Gasteiger partial charge in [-0.1, -0.05) is 38.5 Å². The topological polar surface area (TPSA) is 40.5 Å². The van der Waals surface area contributed by atoms with Crippen molar-refractivity contribution in [1.29, 1.82) is 0 Å². The SMILES string of the molecule is CCO.OC(C1CCCCC1)C1CCCCC1. The Labute approximate surface area is 106 Å². The summed E-state index contributed by atoms with van der Waals surface area (Å²) >= 11 is 0. The van der Waals surface area contributed by atoms with E-state index < -0.39 is 0 Å². The molecular weight excluding hydrogens is 212 g/mol. The van der Waals surface area contributed by atoms with Crippen LogP contribution in [0.4, 0.5) is 0 Å². The molecule has 0 aromatic heterocycles. The van der Waals surface area contributed by atoms with E-state index in [-0.39, 0.29) is 12.7 Å². The van der Waals surface area contributed by atoms with E-state index in [0.717, 1.165) is 0 Å². The van der Waals surface area contributed by atoms with Crippen LogP contribution in [-0.4, -0.2) is 22.9 Å². The highest BCUT2D eigenvalue weighted by molar-refractivity contribution is 4.80. The van der Waals surface area contributed by atoms with E-state index in [1.807, 2.05) is 0 Å². The lowest BCUT2D eigenvalue weighted by atomic mass is 9.75. The Morgan fingerprint density at radius 2 is 1.12 bits per heavy atom. The molecular formula is C15H30O2. The molecule has 0 atom stereocenters. The summed E-state index contributed by atoms with van der Waals surface area (Å²) in [5, 5.41) is 17.9. The summed E-state index contributed by atoms with van der Waals surface area (Å²) in [5.74, 6) is 1.29. The Balaban J connectivity index is 0.000000437. The summed E-state index contributed by atoms with van der Waals surface area (Å²) in [6.07, 6.45) is 13.4. The van der Waals surface area contributed by atoms with Crippen LogP contribution in [0, 0.1) is 11.8 Å². The van der Waals surface area contributed by atoms with E-state index >= 15 is 0 Å². The smallest absolute Gasteiger partial charge is 0.0596 e. The van der Waals surface area contributed by atoms with Gasteiger partial charge in [0.05, 0.1) is 6.10 Å². The van der Waals surface area contributed by atoms with Crippen molar-refractivity contribution in [1.82, 2.24) is 0 Å². The normalized spacial score (nSPS) is 23.3. The first-order chi connectivity index (χ1) is 8.29. The third-order valence-electron chi connectivity index (χ3n) is 4.27. The van der Waals surface area contributed by atoms with Crippen LogP contribution >= 0.6 is 0 Å². The third-order valence-corrected chi connectivity index (χ3v) is 4.27. The first kappa shape index (κ1) is 15.0. The summed E-state index contributed by atoms with van der Waals surface area (Å²) in [4.78, 5) is 0. The highest BCUT2D eigenvalue weighted by atomic mass is 16.3. The zero-order chi connectivity index (χ0) is 12.5. The molecule has 0 unspecified atom stereocenters. The Kier molecular flexibility index (Phi) is 7.87. The summed E-state index contributed by atoms with van der Waals surface area (Å²) in [6.45, 7) is 1.93. The lowest BCUT2D eigenvalue weighted by Crippen LogP contribution is -2.31. The van der Waals surface area contributed by atoms with Crippen LogP contribution < -0.4 is 0 Å². The minimum absolute atomic E-state index is 0.0376. The van der Waals surface area contributed by atoms with Gasteiger partial charge in [0.15, 0.2) is 0 Å². The Hall–Kier alpha value is -0.0800. The monoisotopic (exact) mass is 242 g/mol. The lowest BCUT2D eigenvalue weighted by Gasteiger charge is -2.34. The van der Waals surface area contributed by atoms with Gasteiger partial charge in [0.2, 0.25) is 0 Å². The van der Waals surface area contributed by atoms with Crippen LogP contribution in [0.25, 0.3) is 0 Å². The van der Waals surface area contributed by atoms with Gasteiger partial charge in [-0.3, -0.25) is 0 Å². The average Bonchev–Trinajstić information content (AvgIpc) is 2.41. The average molecular weight is 242 g/mol. The zero-order valence-corrected chi connectivity index (χ0v) is 11.4. The maximum Gasteiger partial charge on any atom is 0.0596 e. The molecule has 0 aliphatic heterocycles. The molecule has 2 saturated carbocycles. The largest absolute Gasteiger partial charge is 0.397 e. The van der Waals surface area contributed by atoms with Crippen molar-refractivity contribution in [2.75, 3.05) is 6.61 Å². The summed E-state index contributed by atoms with van der Waals surface area (Å²) in [6, 6.07) is 0. The van der Waals surface area contributed by atoms with Crippen LogP contribution in [-0.2, 0) is 0 Å². The van der Waals surface area contributed by atoms with Crippen molar-refractivity contribution in [2.24, 2.45) is 11.8 Å². The molecule has 0 saturated heterocycles. The minimum atomic E-state index is 0.0376. The van der Waals surface area contributed by atoms with E-state index in [1.54, 1.807) is 6.92 Å². The molecule has 17 heavy (non-hydrogen) atoms. The molecule has 0 amide bonds. The summed E-state index contributed by atoms with van der Waals surface area (Å²) in [7, 11) is 0. The quantitative estimate of drug-likeness (QED) is 0.778. The molecule has 0 aromatic carbocycles. The molecule has 2 fully saturated rings. The Morgan fingerprint density at radius 3 is 1.41 bits per heavy atom. The fraction of sp³-hybridized carbons (Fsp3) is 1.00. The van der Waals surface area contributed by atoms with E-state index in [2.05, 4.69) is 0 Å². The minimum Gasteiger partial charge on any atom is -0.397 e. The van der Waals surface area contributed by atoms with Crippen molar-refractivity contribution in [3.8, 4) is 0 Å². The highest BCUT2D eigenvalue weighted by Gasteiger charge is 2.29. The van der Waals surface area contributed by atoms with Gasteiger partial charge in [-0.2, -0.15) is 0 Å². The lowest BCUT2D eigenvalue weighted by molar-refractivity contribution is 0.0186. The maximum absolute atomic E-state index is 10.3. The fourth-order valence-electron chi connectivity index (χ4n) is 3.34. The number of rotatable bonds is 2. The second-order valence-corrected chi connectivity index (χ2v) is 5.60. The van der Waals surface area contributed by atoms with Crippen LogP contribution in [0.1, 0.15) is 71.1 Å². The van der Waals surface area contributed by atoms with Gasteiger partial charge < -0.3 is 10.2 Å². The van der Waals surface area contributed by atoms with Crippen LogP contribution in [0.15, 0.2) is 0 Å². The number of hydrogen-bond acceptors (Lipinski definition) is 2. The zero-order valence-electron chi connectivity index (χ0n) is 11.4. The standard InChI is InChI=1S/C13H24O.C2H6O/c14-13(11-7-3-1-4-8-11)12-9-5-2-6-10-12;1-2-3/h11-14H,1-10H2;3H,2H2,1H3. The molecule has 0 spiro atoms. The van der Waals surface area contributed by atoms with Crippen molar-refractivity contribution in [3.63, 3.8) is 0 Å². The highest BCUT2D eigenvalue weighted by Crippen LogP contribution is 2.35. The van der Waals surface area contributed by atoms with Gasteiger partial charge >= 0.3 is 0 Å². The van der Waals surface area contributed by atoms with E-state index in [9.17, 15) is 5.11 Å². The summed E-state index contributed by atoms with van der Waals surface area (Å²) < 4.78 is 0. The van der Waals surface area contributed by atoms with Crippen molar-refractivity contribution in [2.45, 2.75) is 77.2 Å². The Morgan fingerprint density at radius 1 is 0.824 bits per heavy atom. The van der Waals surface area contributed by atoms with Gasteiger partial charge in [0.1, 0.15) is 0 Å². The van der Waals surface area contributed by atoms with Crippen molar-refractivity contribution < 1.29 is 10.2 Å². The van der Waals surface area contributed by atoms with Gasteiger partial charge in [-0.05, 0) is 44.4 Å².